The first-order valence-corrected chi connectivity index (χ1v) is 9.76. The molecule has 0 aliphatic carbocycles. The highest BCUT2D eigenvalue weighted by Crippen LogP contribution is 2.27. The summed E-state index contributed by atoms with van der Waals surface area (Å²) in [5.74, 6) is 0.339. The maximum atomic E-state index is 13.6. The van der Waals surface area contributed by atoms with Crippen LogP contribution in [0.4, 0.5) is 0 Å². The van der Waals surface area contributed by atoms with Gasteiger partial charge in [0.05, 0.1) is 7.11 Å². The summed E-state index contributed by atoms with van der Waals surface area (Å²) in [5.41, 5.74) is 2.18. The SMILES string of the molecule is COc1cccc(CN(C(=O)c2ccccc2)[C@@H](C(=O)N(C)C)c2ccccc2)c1. The lowest BCUT2D eigenvalue weighted by Gasteiger charge is -2.33. The zero-order valence-electron chi connectivity index (χ0n) is 17.5. The van der Waals surface area contributed by atoms with E-state index in [2.05, 4.69) is 0 Å². The third-order valence-electron chi connectivity index (χ3n) is 4.87. The first kappa shape index (κ1) is 21.1. The zero-order chi connectivity index (χ0) is 21.5. The van der Waals surface area contributed by atoms with Gasteiger partial charge >= 0.3 is 0 Å². The Morgan fingerprint density at radius 1 is 0.867 bits per heavy atom. The summed E-state index contributed by atoms with van der Waals surface area (Å²) in [6.07, 6.45) is 0. The Kier molecular flexibility index (Phi) is 6.86. The lowest BCUT2D eigenvalue weighted by molar-refractivity contribution is -0.134. The van der Waals surface area contributed by atoms with E-state index in [0.717, 1.165) is 11.1 Å². The van der Waals surface area contributed by atoms with Crippen molar-refractivity contribution in [3.05, 3.63) is 102 Å². The molecular formula is C25H26N2O3. The highest BCUT2D eigenvalue weighted by atomic mass is 16.5. The number of amides is 2. The summed E-state index contributed by atoms with van der Waals surface area (Å²) < 4.78 is 5.33. The minimum Gasteiger partial charge on any atom is -0.497 e. The molecule has 0 bridgehead atoms. The van der Waals surface area contributed by atoms with E-state index in [1.807, 2.05) is 72.8 Å². The maximum absolute atomic E-state index is 13.6. The molecule has 0 radical (unpaired) electrons. The van der Waals surface area contributed by atoms with Gasteiger partial charge in [0.15, 0.2) is 0 Å². The highest BCUT2D eigenvalue weighted by molar-refractivity contribution is 5.97. The smallest absolute Gasteiger partial charge is 0.255 e. The van der Waals surface area contributed by atoms with Crippen LogP contribution in [0, 0.1) is 0 Å². The Hall–Kier alpha value is -3.60. The second-order valence-corrected chi connectivity index (χ2v) is 7.20. The van der Waals surface area contributed by atoms with E-state index >= 15 is 0 Å². The fourth-order valence-electron chi connectivity index (χ4n) is 3.33. The molecule has 0 saturated carbocycles. The zero-order valence-corrected chi connectivity index (χ0v) is 17.5. The molecule has 0 spiro atoms. The number of likely N-dealkylation sites (N-methyl/N-ethyl adjacent to an activating group) is 1. The van der Waals surface area contributed by atoms with Crippen molar-refractivity contribution in [1.29, 1.82) is 0 Å². The van der Waals surface area contributed by atoms with E-state index in [9.17, 15) is 9.59 Å². The van der Waals surface area contributed by atoms with Crippen molar-refractivity contribution in [3.63, 3.8) is 0 Å². The summed E-state index contributed by atoms with van der Waals surface area (Å²) >= 11 is 0. The molecule has 5 heteroatoms. The average molecular weight is 402 g/mol. The van der Waals surface area contributed by atoms with Gasteiger partial charge in [-0.1, -0.05) is 60.7 Å². The van der Waals surface area contributed by atoms with Gasteiger partial charge in [-0.15, -0.1) is 0 Å². The molecule has 154 valence electrons. The first-order valence-electron chi connectivity index (χ1n) is 9.76. The van der Waals surface area contributed by atoms with Gasteiger partial charge in [-0.3, -0.25) is 9.59 Å². The highest BCUT2D eigenvalue weighted by Gasteiger charge is 2.33. The molecule has 0 aromatic heterocycles. The average Bonchev–Trinajstić information content (AvgIpc) is 2.79. The van der Waals surface area contributed by atoms with Gasteiger partial charge in [0.1, 0.15) is 11.8 Å². The Morgan fingerprint density at radius 3 is 2.10 bits per heavy atom. The van der Waals surface area contributed by atoms with Crippen LogP contribution in [-0.4, -0.2) is 42.8 Å². The minimum absolute atomic E-state index is 0.159. The van der Waals surface area contributed by atoms with Crippen LogP contribution in [0.2, 0.25) is 0 Å². The van der Waals surface area contributed by atoms with Gasteiger partial charge in [0, 0.05) is 26.2 Å². The van der Waals surface area contributed by atoms with Crippen molar-refractivity contribution < 1.29 is 14.3 Å². The van der Waals surface area contributed by atoms with Gasteiger partial charge in [-0.05, 0) is 35.4 Å². The molecule has 0 aliphatic rings. The van der Waals surface area contributed by atoms with E-state index in [1.54, 1.807) is 38.2 Å². The van der Waals surface area contributed by atoms with Gasteiger partial charge in [-0.25, -0.2) is 0 Å². The van der Waals surface area contributed by atoms with Crippen LogP contribution in [0.5, 0.6) is 5.75 Å². The topological polar surface area (TPSA) is 49.9 Å². The van der Waals surface area contributed by atoms with Crippen molar-refractivity contribution in [2.24, 2.45) is 0 Å². The van der Waals surface area contributed by atoms with Crippen LogP contribution in [0.15, 0.2) is 84.9 Å². The van der Waals surface area contributed by atoms with E-state index < -0.39 is 6.04 Å². The summed E-state index contributed by atoms with van der Waals surface area (Å²) in [6.45, 7) is 0.268. The Morgan fingerprint density at radius 2 is 1.50 bits per heavy atom. The van der Waals surface area contributed by atoms with Gasteiger partial charge in [-0.2, -0.15) is 0 Å². The predicted molar refractivity (Wildman–Crippen MR) is 117 cm³/mol. The van der Waals surface area contributed by atoms with Crippen LogP contribution in [-0.2, 0) is 11.3 Å². The Labute approximate surface area is 177 Å². The fourth-order valence-corrected chi connectivity index (χ4v) is 3.33. The lowest BCUT2D eigenvalue weighted by Crippen LogP contribution is -2.43. The third-order valence-corrected chi connectivity index (χ3v) is 4.87. The summed E-state index contributed by atoms with van der Waals surface area (Å²) in [5, 5.41) is 0. The van der Waals surface area contributed by atoms with Crippen LogP contribution in [0.25, 0.3) is 0 Å². The molecule has 0 fully saturated rings. The molecule has 2 amide bonds. The van der Waals surface area contributed by atoms with Crippen molar-refractivity contribution in [2.45, 2.75) is 12.6 Å². The van der Waals surface area contributed by atoms with Gasteiger partial charge < -0.3 is 14.5 Å². The fraction of sp³-hybridized carbons (Fsp3) is 0.200. The lowest BCUT2D eigenvalue weighted by atomic mass is 10.0. The minimum atomic E-state index is -0.750. The van der Waals surface area contributed by atoms with Crippen molar-refractivity contribution >= 4 is 11.8 Å². The number of hydrogen-bond acceptors (Lipinski definition) is 3. The van der Waals surface area contributed by atoms with Crippen LogP contribution < -0.4 is 4.74 Å². The van der Waals surface area contributed by atoms with E-state index in [4.69, 9.17) is 4.74 Å². The van der Waals surface area contributed by atoms with Crippen molar-refractivity contribution in [1.82, 2.24) is 9.80 Å². The molecule has 0 unspecified atom stereocenters. The molecule has 0 aliphatic heterocycles. The molecule has 0 saturated heterocycles. The van der Waals surface area contributed by atoms with Crippen LogP contribution in [0.3, 0.4) is 0 Å². The van der Waals surface area contributed by atoms with E-state index in [1.165, 1.54) is 4.90 Å². The summed E-state index contributed by atoms with van der Waals surface area (Å²) in [7, 11) is 5.01. The standard InChI is InChI=1S/C25H26N2O3/c1-26(2)25(29)23(20-12-6-4-7-13-20)27(24(28)21-14-8-5-9-15-21)18-19-11-10-16-22(17-19)30-3/h4-17,23H,18H2,1-3H3/t23-/m1/s1. The van der Waals surface area contributed by atoms with E-state index in [-0.39, 0.29) is 18.4 Å². The number of benzene rings is 3. The van der Waals surface area contributed by atoms with Gasteiger partial charge in [0.2, 0.25) is 5.91 Å². The Bertz CT molecular complexity index is 988. The molecule has 3 rings (SSSR count). The quantitative estimate of drug-likeness (QED) is 0.596. The molecular weight excluding hydrogens is 376 g/mol. The van der Waals surface area contributed by atoms with E-state index in [0.29, 0.717) is 11.3 Å². The van der Waals surface area contributed by atoms with Crippen molar-refractivity contribution in [3.8, 4) is 5.75 Å². The monoisotopic (exact) mass is 402 g/mol. The molecule has 0 N–H and O–H groups in total. The maximum Gasteiger partial charge on any atom is 0.255 e. The summed E-state index contributed by atoms with van der Waals surface area (Å²) in [6, 6.07) is 25.2. The van der Waals surface area contributed by atoms with Crippen LogP contribution >= 0.6 is 0 Å². The third kappa shape index (κ3) is 4.87. The van der Waals surface area contributed by atoms with Gasteiger partial charge in [0.25, 0.3) is 5.91 Å². The summed E-state index contributed by atoms with van der Waals surface area (Å²) in [4.78, 5) is 30.0. The number of carbonyl (C=O) groups is 2. The number of nitrogens with zero attached hydrogens (tertiary/aromatic N) is 2. The largest absolute Gasteiger partial charge is 0.497 e. The van der Waals surface area contributed by atoms with Crippen LogP contribution in [0.1, 0.15) is 27.5 Å². The normalized spacial score (nSPS) is 11.4. The number of rotatable bonds is 7. The molecule has 1 atom stereocenters. The number of ether oxygens (including phenoxy) is 1. The molecule has 5 nitrogen and oxygen atoms in total. The Balaban J connectivity index is 2.09. The number of carbonyl (C=O) groups excluding carboxylic acids is 2. The molecule has 0 heterocycles. The second kappa shape index (κ2) is 9.74. The first-order chi connectivity index (χ1) is 14.5. The van der Waals surface area contributed by atoms with Crippen molar-refractivity contribution in [2.75, 3.05) is 21.2 Å². The second-order valence-electron chi connectivity index (χ2n) is 7.20. The molecule has 3 aromatic carbocycles. The molecule has 30 heavy (non-hydrogen) atoms. The molecule has 3 aromatic rings. The number of methoxy groups -OCH3 is 1. The number of hydrogen-bond donors (Lipinski definition) is 0. The predicted octanol–water partition coefficient (Wildman–Crippen LogP) is 4.17.